The number of rotatable bonds is 5. The van der Waals surface area contributed by atoms with Crippen molar-refractivity contribution < 1.29 is 14.6 Å². The molecule has 0 aromatic heterocycles. The zero-order chi connectivity index (χ0) is 13.7. The Bertz CT molecular complexity index is 441. The molecule has 1 heterocycles. The third-order valence-electron chi connectivity index (χ3n) is 3.52. The molecular formula is C15H21NO3. The molecule has 1 aliphatic heterocycles. The maximum Gasteiger partial charge on any atom is 0.225 e. The van der Waals surface area contributed by atoms with Crippen LogP contribution in [0.5, 0.6) is 5.75 Å². The zero-order valence-corrected chi connectivity index (χ0v) is 11.3. The fourth-order valence-corrected chi connectivity index (χ4v) is 2.25. The molecule has 0 radical (unpaired) electrons. The van der Waals surface area contributed by atoms with Gasteiger partial charge in [-0.1, -0.05) is 19.1 Å². The minimum Gasteiger partial charge on any atom is -0.493 e. The fourth-order valence-electron chi connectivity index (χ4n) is 2.25. The number of amides is 1. The molecule has 104 valence electrons. The van der Waals surface area contributed by atoms with Crippen LogP contribution < -0.4 is 10.1 Å². The number of carbonyl (C=O) groups excluding carboxylic acids is 1. The van der Waals surface area contributed by atoms with Crippen LogP contribution in [0.25, 0.3) is 0 Å². The van der Waals surface area contributed by atoms with Crippen LogP contribution in [-0.2, 0) is 17.8 Å². The van der Waals surface area contributed by atoms with Crippen molar-refractivity contribution in [3.05, 3.63) is 29.3 Å². The lowest BCUT2D eigenvalue weighted by Crippen LogP contribution is -2.31. The van der Waals surface area contributed by atoms with E-state index in [9.17, 15) is 4.79 Å². The summed E-state index contributed by atoms with van der Waals surface area (Å²) >= 11 is 0. The van der Waals surface area contributed by atoms with Crippen LogP contribution in [0.15, 0.2) is 18.2 Å². The summed E-state index contributed by atoms with van der Waals surface area (Å²) in [6.07, 6.45) is 2.73. The summed E-state index contributed by atoms with van der Waals surface area (Å²) in [6, 6.07) is 6.04. The number of ether oxygens (including phenoxy) is 1. The number of aliphatic hydroxyl groups excluding tert-OH is 1. The highest BCUT2D eigenvalue weighted by Gasteiger charge is 2.15. The molecule has 1 atom stereocenters. The number of aryl methyl sites for hydroxylation is 1. The van der Waals surface area contributed by atoms with E-state index in [1.54, 1.807) is 0 Å². The highest BCUT2D eigenvalue weighted by molar-refractivity contribution is 5.78. The summed E-state index contributed by atoms with van der Waals surface area (Å²) in [4.78, 5) is 11.8. The molecule has 0 spiro atoms. The number of hydrogen-bond donors (Lipinski definition) is 2. The molecule has 1 aromatic carbocycles. The molecule has 0 saturated heterocycles. The lowest BCUT2D eigenvalue weighted by atomic mass is 10.0. The summed E-state index contributed by atoms with van der Waals surface area (Å²) in [5.74, 6) is 0.572. The SMILES string of the molecule is CCC(CO)C(=O)NCc1ccc2c(c1)CCCO2. The molecular weight excluding hydrogens is 242 g/mol. The van der Waals surface area contributed by atoms with Crippen molar-refractivity contribution in [2.75, 3.05) is 13.2 Å². The molecule has 19 heavy (non-hydrogen) atoms. The summed E-state index contributed by atoms with van der Waals surface area (Å²) in [5, 5.41) is 11.9. The second-order valence-corrected chi connectivity index (χ2v) is 4.90. The Hall–Kier alpha value is -1.55. The maximum absolute atomic E-state index is 11.8. The molecule has 0 saturated carbocycles. The van der Waals surface area contributed by atoms with Gasteiger partial charge in [0.1, 0.15) is 5.75 Å². The van der Waals surface area contributed by atoms with Crippen LogP contribution >= 0.6 is 0 Å². The molecule has 4 heteroatoms. The Balaban J connectivity index is 1.94. The van der Waals surface area contributed by atoms with Crippen LogP contribution in [0.1, 0.15) is 30.9 Å². The normalized spacial score (nSPS) is 15.3. The second-order valence-electron chi connectivity index (χ2n) is 4.90. The quantitative estimate of drug-likeness (QED) is 0.849. The lowest BCUT2D eigenvalue weighted by molar-refractivity contribution is -0.126. The third-order valence-corrected chi connectivity index (χ3v) is 3.52. The van der Waals surface area contributed by atoms with Gasteiger partial charge in [0.25, 0.3) is 0 Å². The first-order valence-corrected chi connectivity index (χ1v) is 6.87. The molecule has 1 amide bonds. The average molecular weight is 263 g/mol. The van der Waals surface area contributed by atoms with Gasteiger partial charge in [-0.3, -0.25) is 4.79 Å². The van der Waals surface area contributed by atoms with Gasteiger partial charge < -0.3 is 15.2 Å². The largest absolute Gasteiger partial charge is 0.493 e. The van der Waals surface area contributed by atoms with E-state index in [0.717, 1.165) is 30.8 Å². The van der Waals surface area contributed by atoms with E-state index in [2.05, 4.69) is 11.4 Å². The Morgan fingerprint density at radius 2 is 2.37 bits per heavy atom. The van der Waals surface area contributed by atoms with E-state index < -0.39 is 0 Å². The minimum atomic E-state index is -0.305. The monoisotopic (exact) mass is 263 g/mol. The Labute approximate surface area is 113 Å². The van der Waals surface area contributed by atoms with Gasteiger partial charge >= 0.3 is 0 Å². The third kappa shape index (κ3) is 3.47. The summed E-state index contributed by atoms with van der Waals surface area (Å²) in [7, 11) is 0. The first-order valence-electron chi connectivity index (χ1n) is 6.87. The number of benzene rings is 1. The Morgan fingerprint density at radius 1 is 1.53 bits per heavy atom. The maximum atomic E-state index is 11.8. The number of hydrogen-bond acceptors (Lipinski definition) is 3. The van der Waals surface area contributed by atoms with Crippen molar-refractivity contribution >= 4 is 5.91 Å². The standard InChI is InChI=1S/C15H21NO3/c1-2-12(10-17)15(18)16-9-11-5-6-14-13(8-11)4-3-7-19-14/h5-6,8,12,17H,2-4,7,9-10H2,1H3,(H,16,18). The number of fused-ring (bicyclic) bond motifs is 1. The smallest absolute Gasteiger partial charge is 0.225 e. The Morgan fingerprint density at radius 3 is 3.11 bits per heavy atom. The van der Waals surface area contributed by atoms with Crippen molar-refractivity contribution in [3.63, 3.8) is 0 Å². The number of nitrogens with one attached hydrogen (secondary N) is 1. The van der Waals surface area contributed by atoms with E-state index in [-0.39, 0.29) is 18.4 Å². The van der Waals surface area contributed by atoms with Crippen molar-refractivity contribution in [2.45, 2.75) is 32.7 Å². The van der Waals surface area contributed by atoms with E-state index in [1.165, 1.54) is 5.56 Å². The van der Waals surface area contributed by atoms with Gasteiger partial charge in [-0.05, 0) is 36.5 Å². The molecule has 0 bridgehead atoms. The average Bonchev–Trinajstić information content (AvgIpc) is 2.46. The van der Waals surface area contributed by atoms with E-state index in [4.69, 9.17) is 9.84 Å². The minimum absolute atomic E-state index is 0.0843. The van der Waals surface area contributed by atoms with Gasteiger partial charge in [0, 0.05) is 6.54 Å². The van der Waals surface area contributed by atoms with E-state index in [0.29, 0.717) is 13.0 Å². The van der Waals surface area contributed by atoms with Crippen LogP contribution in [0.3, 0.4) is 0 Å². The molecule has 2 N–H and O–H groups in total. The first kappa shape index (κ1) is 13.9. The van der Waals surface area contributed by atoms with Crippen LogP contribution in [0.4, 0.5) is 0 Å². The van der Waals surface area contributed by atoms with Gasteiger partial charge in [0.05, 0.1) is 19.1 Å². The molecule has 1 aromatic rings. The van der Waals surface area contributed by atoms with E-state index >= 15 is 0 Å². The topological polar surface area (TPSA) is 58.6 Å². The molecule has 4 nitrogen and oxygen atoms in total. The first-order chi connectivity index (χ1) is 9.24. The lowest BCUT2D eigenvalue weighted by Gasteiger charge is -2.18. The van der Waals surface area contributed by atoms with Gasteiger partial charge in [-0.2, -0.15) is 0 Å². The van der Waals surface area contributed by atoms with Crippen LogP contribution in [-0.4, -0.2) is 24.2 Å². The predicted octanol–water partition coefficient (Wildman–Crippen LogP) is 1.65. The zero-order valence-electron chi connectivity index (χ0n) is 11.3. The van der Waals surface area contributed by atoms with Gasteiger partial charge in [-0.25, -0.2) is 0 Å². The van der Waals surface area contributed by atoms with Crippen molar-refractivity contribution in [1.82, 2.24) is 5.32 Å². The van der Waals surface area contributed by atoms with Gasteiger partial charge in [0.2, 0.25) is 5.91 Å². The molecule has 0 aliphatic carbocycles. The highest BCUT2D eigenvalue weighted by atomic mass is 16.5. The summed E-state index contributed by atoms with van der Waals surface area (Å²) < 4.78 is 5.56. The predicted molar refractivity (Wildman–Crippen MR) is 73.0 cm³/mol. The molecule has 1 aliphatic rings. The Kier molecular flexibility index (Phi) is 4.80. The number of carbonyl (C=O) groups is 1. The fraction of sp³-hybridized carbons (Fsp3) is 0.533. The van der Waals surface area contributed by atoms with Gasteiger partial charge in [0.15, 0.2) is 0 Å². The van der Waals surface area contributed by atoms with Crippen molar-refractivity contribution in [1.29, 1.82) is 0 Å². The second kappa shape index (κ2) is 6.57. The molecule has 2 rings (SSSR count). The van der Waals surface area contributed by atoms with Crippen LogP contribution in [0.2, 0.25) is 0 Å². The molecule has 0 fully saturated rings. The number of aliphatic hydroxyl groups is 1. The highest BCUT2D eigenvalue weighted by Crippen LogP contribution is 2.25. The van der Waals surface area contributed by atoms with E-state index in [1.807, 2.05) is 19.1 Å². The van der Waals surface area contributed by atoms with Crippen LogP contribution in [0, 0.1) is 5.92 Å². The van der Waals surface area contributed by atoms with Gasteiger partial charge in [-0.15, -0.1) is 0 Å². The van der Waals surface area contributed by atoms with Crippen molar-refractivity contribution in [3.8, 4) is 5.75 Å². The summed E-state index contributed by atoms with van der Waals surface area (Å²) in [6.45, 7) is 3.09. The van der Waals surface area contributed by atoms with Crippen molar-refractivity contribution in [2.24, 2.45) is 5.92 Å². The molecule has 1 unspecified atom stereocenters. The summed E-state index contributed by atoms with van der Waals surface area (Å²) in [5.41, 5.74) is 2.29.